The van der Waals surface area contributed by atoms with Gasteiger partial charge in [0.1, 0.15) is 0 Å². The van der Waals surface area contributed by atoms with Crippen molar-refractivity contribution in [2.24, 2.45) is 0 Å². The first-order valence-electron chi connectivity index (χ1n) is 7.23. The number of nitrogens with zero attached hydrogens (tertiary/aromatic N) is 1. The number of carbonyl (C=O) groups excluding carboxylic acids is 1. The smallest absolute Gasteiger partial charge is 0.319 e. The number of amides is 2. The fraction of sp³-hybridized carbons (Fsp3) is 0.533. The molecule has 0 unspecified atom stereocenters. The van der Waals surface area contributed by atoms with Gasteiger partial charge in [0.25, 0.3) is 0 Å². The lowest BCUT2D eigenvalue weighted by molar-refractivity contribution is 0.196. The summed E-state index contributed by atoms with van der Waals surface area (Å²) in [5.41, 5.74) is 0.799. The molecule has 2 N–H and O–H groups in total. The molecule has 0 aliphatic carbocycles. The van der Waals surface area contributed by atoms with Crippen LogP contribution in [0.5, 0.6) is 0 Å². The molecule has 5 heteroatoms. The molecule has 2 rings (SSSR count). The average molecular weight is 340 g/mol. The molecule has 0 spiro atoms. The molecular formula is C15H22BrN3O. The summed E-state index contributed by atoms with van der Waals surface area (Å²) in [6.07, 6.45) is 3.26. The van der Waals surface area contributed by atoms with Crippen LogP contribution in [0.4, 0.5) is 10.5 Å². The average Bonchev–Trinajstić information content (AvgIpc) is 2.44. The van der Waals surface area contributed by atoms with Gasteiger partial charge in [-0.2, -0.15) is 0 Å². The Morgan fingerprint density at radius 2 is 2.05 bits per heavy atom. The first-order chi connectivity index (χ1) is 9.69. The number of benzene rings is 1. The number of likely N-dealkylation sites (tertiary alicyclic amines) is 1. The van der Waals surface area contributed by atoms with E-state index in [1.807, 2.05) is 24.3 Å². The topological polar surface area (TPSA) is 44.4 Å². The fourth-order valence-corrected chi connectivity index (χ4v) is 2.91. The molecule has 4 nitrogen and oxygen atoms in total. The number of piperidine rings is 1. The maximum absolute atomic E-state index is 12.0. The van der Waals surface area contributed by atoms with Gasteiger partial charge >= 0.3 is 6.03 Å². The van der Waals surface area contributed by atoms with Crippen LogP contribution in [-0.4, -0.2) is 36.6 Å². The van der Waals surface area contributed by atoms with Crippen molar-refractivity contribution in [1.29, 1.82) is 0 Å². The number of hydrogen-bond acceptors (Lipinski definition) is 2. The van der Waals surface area contributed by atoms with Gasteiger partial charge in [-0.3, -0.25) is 0 Å². The fourth-order valence-electron chi connectivity index (χ4n) is 2.52. The molecule has 2 amide bonds. The third-order valence-corrected chi connectivity index (χ3v) is 4.28. The van der Waals surface area contributed by atoms with E-state index in [4.69, 9.17) is 0 Å². The van der Waals surface area contributed by atoms with Crippen LogP contribution >= 0.6 is 15.9 Å². The predicted octanol–water partition coefficient (Wildman–Crippen LogP) is 3.45. The molecule has 0 radical (unpaired) electrons. The molecule has 0 saturated carbocycles. The second-order valence-corrected chi connectivity index (χ2v) is 6.05. The Kier molecular flexibility index (Phi) is 5.86. The van der Waals surface area contributed by atoms with Crippen LogP contribution in [-0.2, 0) is 0 Å². The zero-order valence-electron chi connectivity index (χ0n) is 11.9. The first kappa shape index (κ1) is 15.3. The molecule has 110 valence electrons. The molecule has 1 aromatic rings. The van der Waals surface area contributed by atoms with Gasteiger partial charge in [0.05, 0.1) is 5.69 Å². The Hall–Kier alpha value is -1.07. The third-order valence-electron chi connectivity index (χ3n) is 3.58. The van der Waals surface area contributed by atoms with Gasteiger partial charge in [-0.1, -0.05) is 19.1 Å². The highest BCUT2D eigenvalue weighted by Gasteiger charge is 2.20. The molecule has 0 bridgehead atoms. The summed E-state index contributed by atoms with van der Waals surface area (Å²) in [5, 5.41) is 5.94. The molecule has 1 aromatic carbocycles. The normalized spacial score (nSPS) is 16.9. The van der Waals surface area contributed by atoms with Crippen LogP contribution in [0, 0.1) is 0 Å². The Bertz CT molecular complexity index is 444. The lowest BCUT2D eigenvalue weighted by Crippen LogP contribution is -2.46. The Morgan fingerprint density at radius 3 is 2.70 bits per heavy atom. The summed E-state index contributed by atoms with van der Waals surface area (Å²) < 4.78 is 0.896. The van der Waals surface area contributed by atoms with Crippen LogP contribution in [0.3, 0.4) is 0 Å². The number of carbonyl (C=O) groups is 1. The van der Waals surface area contributed by atoms with Gasteiger partial charge in [-0.25, -0.2) is 4.79 Å². The third kappa shape index (κ3) is 4.49. The maximum Gasteiger partial charge on any atom is 0.319 e. The number of rotatable bonds is 4. The zero-order valence-corrected chi connectivity index (χ0v) is 13.4. The first-order valence-corrected chi connectivity index (χ1v) is 8.02. The number of halogens is 1. The molecule has 1 saturated heterocycles. The van der Waals surface area contributed by atoms with Crippen molar-refractivity contribution in [3.63, 3.8) is 0 Å². The van der Waals surface area contributed by atoms with Crippen molar-refractivity contribution in [2.75, 3.05) is 25.0 Å². The SMILES string of the molecule is CCCN1CCC(NC(=O)Nc2ccccc2Br)CC1. The van der Waals surface area contributed by atoms with E-state index in [0.717, 1.165) is 42.6 Å². The van der Waals surface area contributed by atoms with Crippen molar-refractivity contribution < 1.29 is 4.79 Å². The van der Waals surface area contributed by atoms with Crippen molar-refractivity contribution in [3.05, 3.63) is 28.7 Å². The largest absolute Gasteiger partial charge is 0.335 e. The highest BCUT2D eigenvalue weighted by Crippen LogP contribution is 2.21. The predicted molar refractivity (Wildman–Crippen MR) is 86.0 cm³/mol. The van der Waals surface area contributed by atoms with Gasteiger partial charge in [-0.15, -0.1) is 0 Å². The summed E-state index contributed by atoms with van der Waals surface area (Å²) in [7, 11) is 0. The minimum atomic E-state index is -0.120. The second kappa shape index (κ2) is 7.64. The van der Waals surface area contributed by atoms with Crippen LogP contribution in [0.1, 0.15) is 26.2 Å². The van der Waals surface area contributed by atoms with E-state index in [9.17, 15) is 4.79 Å². The number of para-hydroxylation sites is 1. The number of hydrogen-bond donors (Lipinski definition) is 2. The van der Waals surface area contributed by atoms with Gasteiger partial charge < -0.3 is 15.5 Å². The van der Waals surface area contributed by atoms with Crippen molar-refractivity contribution in [1.82, 2.24) is 10.2 Å². The van der Waals surface area contributed by atoms with Crippen LogP contribution in [0.15, 0.2) is 28.7 Å². The Morgan fingerprint density at radius 1 is 1.35 bits per heavy atom. The molecule has 1 aliphatic heterocycles. The van der Waals surface area contributed by atoms with Crippen molar-refractivity contribution in [2.45, 2.75) is 32.2 Å². The summed E-state index contributed by atoms with van der Waals surface area (Å²) in [5.74, 6) is 0. The quantitative estimate of drug-likeness (QED) is 0.882. The van der Waals surface area contributed by atoms with Crippen LogP contribution < -0.4 is 10.6 Å². The summed E-state index contributed by atoms with van der Waals surface area (Å²) >= 11 is 3.43. The molecular weight excluding hydrogens is 318 g/mol. The number of urea groups is 1. The molecule has 1 fully saturated rings. The van der Waals surface area contributed by atoms with Crippen LogP contribution in [0.2, 0.25) is 0 Å². The molecule has 0 atom stereocenters. The van der Waals surface area contributed by atoms with E-state index in [2.05, 4.69) is 38.4 Å². The van der Waals surface area contributed by atoms with E-state index < -0.39 is 0 Å². The summed E-state index contributed by atoms with van der Waals surface area (Å²) in [6.45, 7) is 5.52. The Balaban J connectivity index is 1.77. The molecule has 1 aliphatic rings. The highest BCUT2D eigenvalue weighted by atomic mass is 79.9. The van der Waals surface area contributed by atoms with E-state index in [1.165, 1.54) is 6.42 Å². The zero-order chi connectivity index (χ0) is 14.4. The highest BCUT2D eigenvalue weighted by molar-refractivity contribution is 9.10. The number of nitrogens with one attached hydrogen (secondary N) is 2. The van der Waals surface area contributed by atoms with Crippen LogP contribution in [0.25, 0.3) is 0 Å². The second-order valence-electron chi connectivity index (χ2n) is 5.19. The minimum Gasteiger partial charge on any atom is -0.335 e. The summed E-state index contributed by atoms with van der Waals surface area (Å²) in [6, 6.07) is 7.79. The van der Waals surface area contributed by atoms with E-state index >= 15 is 0 Å². The maximum atomic E-state index is 12.0. The van der Waals surface area contributed by atoms with Crippen molar-refractivity contribution in [3.8, 4) is 0 Å². The molecule has 20 heavy (non-hydrogen) atoms. The minimum absolute atomic E-state index is 0.120. The lowest BCUT2D eigenvalue weighted by atomic mass is 10.1. The van der Waals surface area contributed by atoms with E-state index in [0.29, 0.717) is 0 Å². The van der Waals surface area contributed by atoms with Gasteiger partial charge in [0.15, 0.2) is 0 Å². The lowest BCUT2D eigenvalue weighted by Gasteiger charge is -2.32. The molecule has 0 aromatic heterocycles. The van der Waals surface area contributed by atoms with Gasteiger partial charge in [0, 0.05) is 23.6 Å². The van der Waals surface area contributed by atoms with Crippen molar-refractivity contribution >= 4 is 27.6 Å². The Labute approximate surface area is 129 Å². The van der Waals surface area contributed by atoms with E-state index in [1.54, 1.807) is 0 Å². The number of anilines is 1. The van der Waals surface area contributed by atoms with Gasteiger partial charge in [-0.05, 0) is 53.9 Å². The van der Waals surface area contributed by atoms with E-state index in [-0.39, 0.29) is 12.1 Å². The monoisotopic (exact) mass is 339 g/mol. The summed E-state index contributed by atoms with van der Waals surface area (Å²) in [4.78, 5) is 14.4. The standard InChI is InChI=1S/C15H22BrN3O/c1-2-9-19-10-7-12(8-11-19)17-15(20)18-14-6-4-3-5-13(14)16/h3-6,12H,2,7-11H2,1H3,(H2,17,18,20). The molecule has 1 heterocycles. The van der Waals surface area contributed by atoms with Gasteiger partial charge in [0.2, 0.25) is 0 Å².